The third kappa shape index (κ3) is 2.61. The standard InChI is InChI=1S/C25H23NO2/c1-2-4-17(5-3-1)15-26-11-10-20-13-23(26)22-12-18(6-8-21(20)22)19-7-9-24-25(14-19)28-16-27-24/h1-9,12,14,20,23H,10-11,13,15-16H2/t20-,23+/m1/s1. The molecule has 3 aromatic carbocycles. The van der Waals surface area contributed by atoms with Gasteiger partial charge >= 0.3 is 0 Å². The Labute approximate surface area is 165 Å². The molecule has 2 atom stereocenters. The van der Waals surface area contributed by atoms with Gasteiger partial charge in [-0.15, -0.1) is 0 Å². The molecule has 1 saturated heterocycles. The lowest BCUT2D eigenvalue weighted by molar-refractivity contribution is 0.145. The van der Waals surface area contributed by atoms with Crippen LogP contribution in [0.3, 0.4) is 0 Å². The summed E-state index contributed by atoms with van der Waals surface area (Å²) in [5, 5.41) is 0. The van der Waals surface area contributed by atoms with Gasteiger partial charge < -0.3 is 9.47 Å². The number of piperidine rings is 1. The zero-order chi connectivity index (χ0) is 18.5. The van der Waals surface area contributed by atoms with Crippen LogP contribution in [0.2, 0.25) is 0 Å². The highest BCUT2D eigenvalue weighted by Crippen LogP contribution is 2.50. The van der Waals surface area contributed by atoms with Crippen molar-refractivity contribution in [3.05, 3.63) is 83.4 Å². The summed E-state index contributed by atoms with van der Waals surface area (Å²) in [6.45, 7) is 2.53. The maximum Gasteiger partial charge on any atom is 0.231 e. The number of benzene rings is 3. The summed E-state index contributed by atoms with van der Waals surface area (Å²) in [4.78, 5) is 2.67. The summed E-state index contributed by atoms with van der Waals surface area (Å²) in [6, 6.07) is 24.7. The summed E-state index contributed by atoms with van der Waals surface area (Å²) < 4.78 is 11.0. The molecule has 0 N–H and O–H groups in total. The fourth-order valence-corrected chi connectivity index (χ4v) is 5.12. The Kier molecular flexibility index (Phi) is 3.69. The van der Waals surface area contributed by atoms with Gasteiger partial charge in [0.25, 0.3) is 0 Å². The molecule has 0 radical (unpaired) electrons. The lowest BCUT2D eigenvalue weighted by atomic mass is 9.94. The van der Waals surface area contributed by atoms with Crippen LogP contribution in [0.1, 0.15) is 41.5 Å². The van der Waals surface area contributed by atoms with Crippen LogP contribution in [-0.2, 0) is 6.54 Å². The van der Waals surface area contributed by atoms with Crippen LogP contribution in [-0.4, -0.2) is 18.2 Å². The predicted octanol–water partition coefficient (Wildman–Crippen LogP) is 5.52. The lowest BCUT2D eigenvalue weighted by Gasteiger charge is -2.33. The Balaban J connectivity index is 1.34. The maximum absolute atomic E-state index is 5.58. The fraction of sp³-hybridized carbons (Fsp3) is 0.280. The highest BCUT2D eigenvalue weighted by Gasteiger charge is 2.38. The average Bonchev–Trinajstić information content (AvgIpc) is 3.33. The fourth-order valence-electron chi connectivity index (χ4n) is 5.12. The van der Waals surface area contributed by atoms with E-state index in [0.29, 0.717) is 12.8 Å². The smallest absolute Gasteiger partial charge is 0.231 e. The first kappa shape index (κ1) is 16.2. The molecule has 2 heterocycles. The Morgan fingerprint density at radius 3 is 2.57 bits per heavy atom. The lowest BCUT2D eigenvalue weighted by Crippen LogP contribution is -2.31. The zero-order valence-electron chi connectivity index (χ0n) is 15.8. The van der Waals surface area contributed by atoms with E-state index in [0.717, 1.165) is 24.0 Å². The van der Waals surface area contributed by atoms with E-state index in [4.69, 9.17) is 9.47 Å². The summed E-state index contributed by atoms with van der Waals surface area (Å²) in [7, 11) is 0. The summed E-state index contributed by atoms with van der Waals surface area (Å²) >= 11 is 0. The second-order valence-electron chi connectivity index (χ2n) is 8.10. The van der Waals surface area contributed by atoms with E-state index in [-0.39, 0.29) is 0 Å². The number of ether oxygens (including phenoxy) is 2. The molecule has 28 heavy (non-hydrogen) atoms. The van der Waals surface area contributed by atoms with Gasteiger partial charge in [0.1, 0.15) is 0 Å². The Hall–Kier alpha value is -2.78. The number of hydrogen-bond donors (Lipinski definition) is 0. The van der Waals surface area contributed by atoms with E-state index >= 15 is 0 Å². The van der Waals surface area contributed by atoms with Crippen LogP contribution in [0.15, 0.2) is 66.7 Å². The number of rotatable bonds is 3. The Morgan fingerprint density at radius 2 is 1.64 bits per heavy atom. The summed E-state index contributed by atoms with van der Waals surface area (Å²) in [5.74, 6) is 2.41. The van der Waals surface area contributed by atoms with Crippen LogP contribution in [0.25, 0.3) is 11.1 Å². The van der Waals surface area contributed by atoms with Crippen LogP contribution in [0, 0.1) is 0 Å². The minimum absolute atomic E-state index is 0.321. The number of fused-ring (bicyclic) bond motifs is 6. The monoisotopic (exact) mass is 369 g/mol. The molecular weight excluding hydrogens is 346 g/mol. The SMILES string of the molecule is c1ccc(CN2CC[C@@H]3C[C@H]2c2cc(-c4ccc5c(c4)OCO5)ccc23)cc1. The molecule has 3 aliphatic rings. The third-order valence-corrected chi connectivity index (χ3v) is 6.53. The van der Waals surface area contributed by atoms with Crippen molar-refractivity contribution in [3.63, 3.8) is 0 Å². The van der Waals surface area contributed by atoms with Crippen molar-refractivity contribution in [3.8, 4) is 22.6 Å². The van der Waals surface area contributed by atoms with E-state index in [9.17, 15) is 0 Å². The molecule has 0 amide bonds. The van der Waals surface area contributed by atoms with Crippen LogP contribution < -0.4 is 9.47 Å². The Morgan fingerprint density at radius 1 is 0.821 bits per heavy atom. The molecule has 3 aromatic rings. The van der Waals surface area contributed by atoms with Crippen molar-refractivity contribution in [2.24, 2.45) is 0 Å². The first-order valence-corrected chi connectivity index (χ1v) is 10.2. The van der Waals surface area contributed by atoms with E-state index in [1.165, 1.54) is 41.6 Å². The largest absolute Gasteiger partial charge is 0.454 e. The quantitative estimate of drug-likeness (QED) is 0.607. The van der Waals surface area contributed by atoms with Crippen molar-refractivity contribution in [2.75, 3.05) is 13.3 Å². The first-order valence-electron chi connectivity index (χ1n) is 10.2. The molecule has 0 unspecified atom stereocenters. The van der Waals surface area contributed by atoms with Gasteiger partial charge in [-0.3, -0.25) is 4.90 Å². The van der Waals surface area contributed by atoms with E-state index in [2.05, 4.69) is 65.6 Å². The maximum atomic E-state index is 5.58. The van der Waals surface area contributed by atoms with Gasteiger partial charge in [0, 0.05) is 12.6 Å². The minimum Gasteiger partial charge on any atom is -0.454 e. The van der Waals surface area contributed by atoms with Gasteiger partial charge in [-0.2, -0.15) is 0 Å². The van der Waals surface area contributed by atoms with Crippen LogP contribution in [0.5, 0.6) is 11.5 Å². The van der Waals surface area contributed by atoms with Gasteiger partial charge in [-0.05, 0) is 71.3 Å². The van der Waals surface area contributed by atoms with E-state index in [1.807, 2.05) is 6.07 Å². The highest BCUT2D eigenvalue weighted by molar-refractivity contribution is 5.69. The minimum atomic E-state index is 0.321. The average molecular weight is 369 g/mol. The third-order valence-electron chi connectivity index (χ3n) is 6.53. The molecule has 140 valence electrons. The molecule has 3 heteroatoms. The molecule has 1 aliphatic carbocycles. The van der Waals surface area contributed by atoms with Crippen LogP contribution in [0.4, 0.5) is 0 Å². The number of nitrogens with zero attached hydrogens (tertiary/aromatic N) is 1. The van der Waals surface area contributed by atoms with Gasteiger partial charge in [-0.25, -0.2) is 0 Å². The number of likely N-dealkylation sites (tertiary alicyclic amines) is 1. The molecule has 3 nitrogen and oxygen atoms in total. The first-order chi connectivity index (χ1) is 13.8. The normalized spacial score (nSPS) is 22.3. The van der Waals surface area contributed by atoms with Crippen molar-refractivity contribution in [2.45, 2.75) is 31.3 Å². The highest BCUT2D eigenvalue weighted by atomic mass is 16.7. The van der Waals surface area contributed by atoms with Crippen molar-refractivity contribution in [1.82, 2.24) is 4.90 Å². The van der Waals surface area contributed by atoms with Crippen molar-refractivity contribution in [1.29, 1.82) is 0 Å². The van der Waals surface area contributed by atoms with E-state index in [1.54, 1.807) is 5.56 Å². The molecule has 0 aromatic heterocycles. The summed E-state index contributed by atoms with van der Waals surface area (Å²) in [6.07, 6.45) is 2.52. The number of hydrogen-bond acceptors (Lipinski definition) is 3. The Bertz CT molecular complexity index is 1030. The second kappa shape index (κ2) is 6.39. The molecule has 0 saturated carbocycles. The van der Waals surface area contributed by atoms with Gasteiger partial charge in [0.15, 0.2) is 11.5 Å². The second-order valence-corrected chi connectivity index (χ2v) is 8.10. The molecule has 2 aliphatic heterocycles. The molecule has 6 rings (SSSR count). The topological polar surface area (TPSA) is 21.7 Å². The van der Waals surface area contributed by atoms with Gasteiger partial charge in [0.2, 0.25) is 6.79 Å². The zero-order valence-corrected chi connectivity index (χ0v) is 15.8. The van der Waals surface area contributed by atoms with Crippen LogP contribution >= 0.6 is 0 Å². The van der Waals surface area contributed by atoms with Gasteiger partial charge in [0.05, 0.1) is 0 Å². The van der Waals surface area contributed by atoms with E-state index < -0.39 is 0 Å². The van der Waals surface area contributed by atoms with Crippen molar-refractivity contribution < 1.29 is 9.47 Å². The van der Waals surface area contributed by atoms with Gasteiger partial charge in [-0.1, -0.05) is 48.5 Å². The predicted molar refractivity (Wildman–Crippen MR) is 110 cm³/mol. The molecule has 2 bridgehead atoms. The molecule has 1 fully saturated rings. The van der Waals surface area contributed by atoms with Crippen molar-refractivity contribution >= 4 is 0 Å². The molecule has 0 spiro atoms. The molecular formula is C25H23NO2. The summed E-state index contributed by atoms with van der Waals surface area (Å²) in [5.41, 5.74) is 6.95.